The zero-order valence-electron chi connectivity index (χ0n) is 8.39. The van der Waals surface area contributed by atoms with Crippen molar-refractivity contribution in [3.05, 3.63) is 36.1 Å². The lowest BCUT2D eigenvalue weighted by Gasteiger charge is -2.03. The highest BCUT2D eigenvalue weighted by Gasteiger charge is 2.06. The molecule has 1 unspecified atom stereocenters. The minimum absolute atomic E-state index is 0.194. The first-order valence-corrected chi connectivity index (χ1v) is 5.06. The molecule has 0 saturated carbocycles. The van der Waals surface area contributed by atoms with Crippen LogP contribution in [-0.4, -0.2) is 22.9 Å². The van der Waals surface area contributed by atoms with E-state index >= 15 is 0 Å². The molecule has 1 heterocycles. The Labute approximate surface area is 88.0 Å². The van der Waals surface area contributed by atoms with E-state index in [-0.39, 0.29) is 6.61 Å². The molecule has 0 spiro atoms. The maximum Gasteiger partial charge on any atom is 0.134 e. The number of hydrogen-bond donors (Lipinski definition) is 2. The van der Waals surface area contributed by atoms with Gasteiger partial charge in [-0.3, -0.25) is 0 Å². The Hall–Kier alpha value is -1.32. The van der Waals surface area contributed by atoms with Crippen molar-refractivity contribution in [3.63, 3.8) is 0 Å². The topological polar surface area (TPSA) is 53.6 Å². The minimum atomic E-state index is -0.654. The molecule has 2 aromatic rings. The van der Waals surface area contributed by atoms with E-state index in [0.717, 1.165) is 16.7 Å². The molecule has 2 rings (SSSR count). The molecule has 0 bridgehead atoms. The van der Waals surface area contributed by atoms with Crippen molar-refractivity contribution in [2.45, 2.75) is 18.9 Å². The van der Waals surface area contributed by atoms with Crippen LogP contribution in [0.3, 0.4) is 0 Å². The molecule has 1 aromatic carbocycles. The number of furan rings is 1. The maximum atomic E-state index is 9.20. The number of fused-ring (bicyclic) bond motifs is 1. The third kappa shape index (κ3) is 2.37. The van der Waals surface area contributed by atoms with E-state index < -0.39 is 6.10 Å². The van der Waals surface area contributed by atoms with Gasteiger partial charge in [-0.15, -0.1) is 0 Å². The van der Waals surface area contributed by atoms with Gasteiger partial charge in [0.05, 0.1) is 12.7 Å². The summed E-state index contributed by atoms with van der Waals surface area (Å²) in [5.41, 5.74) is 0.867. The van der Waals surface area contributed by atoms with Crippen LogP contribution in [-0.2, 0) is 6.42 Å². The van der Waals surface area contributed by atoms with Crippen LogP contribution in [0.4, 0.5) is 0 Å². The van der Waals surface area contributed by atoms with Crippen LogP contribution < -0.4 is 0 Å². The fourth-order valence-corrected chi connectivity index (χ4v) is 1.56. The average molecular weight is 206 g/mol. The van der Waals surface area contributed by atoms with Gasteiger partial charge in [0.25, 0.3) is 0 Å². The van der Waals surface area contributed by atoms with Gasteiger partial charge >= 0.3 is 0 Å². The molecule has 0 fully saturated rings. The summed E-state index contributed by atoms with van der Waals surface area (Å²) in [6.07, 6.45) is 0.519. The zero-order chi connectivity index (χ0) is 10.7. The zero-order valence-corrected chi connectivity index (χ0v) is 8.39. The average Bonchev–Trinajstić information content (AvgIpc) is 2.68. The van der Waals surface area contributed by atoms with Gasteiger partial charge in [0.15, 0.2) is 0 Å². The van der Waals surface area contributed by atoms with Crippen molar-refractivity contribution in [2.24, 2.45) is 0 Å². The summed E-state index contributed by atoms with van der Waals surface area (Å²) in [6, 6.07) is 9.77. The summed E-state index contributed by atoms with van der Waals surface area (Å²) in [7, 11) is 0. The molecule has 0 aliphatic heterocycles. The number of para-hydroxylation sites is 1. The summed E-state index contributed by atoms with van der Waals surface area (Å²) in [5.74, 6) is 0.851. The van der Waals surface area contributed by atoms with Crippen LogP contribution in [0.1, 0.15) is 12.2 Å². The van der Waals surface area contributed by atoms with Gasteiger partial charge in [-0.25, -0.2) is 0 Å². The van der Waals surface area contributed by atoms with Crippen molar-refractivity contribution >= 4 is 11.0 Å². The van der Waals surface area contributed by atoms with Crippen LogP contribution in [0.15, 0.2) is 34.7 Å². The van der Waals surface area contributed by atoms with Gasteiger partial charge in [0, 0.05) is 11.8 Å². The Kier molecular flexibility index (Phi) is 3.04. The lowest BCUT2D eigenvalue weighted by atomic mass is 10.1. The van der Waals surface area contributed by atoms with Gasteiger partial charge in [0.1, 0.15) is 11.3 Å². The van der Waals surface area contributed by atoms with Gasteiger partial charge in [-0.05, 0) is 18.6 Å². The molecule has 0 amide bonds. The number of aryl methyl sites for hydroxylation is 1. The van der Waals surface area contributed by atoms with Crippen LogP contribution in [0.5, 0.6) is 0 Å². The van der Waals surface area contributed by atoms with Crippen LogP contribution in [0, 0.1) is 0 Å². The van der Waals surface area contributed by atoms with Crippen molar-refractivity contribution in [1.82, 2.24) is 0 Å². The smallest absolute Gasteiger partial charge is 0.134 e. The third-order valence-corrected chi connectivity index (χ3v) is 2.41. The molecule has 3 heteroatoms. The van der Waals surface area contributed by atoms with Gasteiger partial charge in [-0.2, -0.15) is 0 Å². The second kappa shape index (κ2) is 4.47. The van der Waals surface area contributed by atoms with Gasteiger partial charge < -0.3 is 14.6 Å². The number of hydrogen-bond acceptors (Lipinski definition) is 3. The van der Waals surface area contributed by atoms with Gasteiger partial charge in [-0.1, -0.05) is 18.2 Å². The Morgan fingerprint density at radius 1 is 1.27 bits per heavy atom. The molecule has 1 aromatic heterocycles. The molecule has 0 radical (unpaired) electrons. The molecule has 15 heavy (non-hydrogen) atoms. The lowest BCUT2D eigenvalue weighted by Crippen LogP contribution is -2.12. The van der Waals surface area contributed by atoms with E-state index in [1.165, 1.54) is 0 Å². The number of rotatable bonds is 4. The molecule has 2 N–H and O–H groups in total. The van der Waals surface area contributed by atoms with Crippen molar-refractivity contribution in [1.29, 1.82) is 0 Å². The summed E-state index contributed by atoms with van der Waals surface area (Å²) in [4.78, 5) is 0. The highest BCUT2D eigenvalue weighted by atomic mass is 16.3. The number of aliphatic hydroxyl groups excluding tert-OH is 2. The highest BCUT2D eigenvalue weighted by Crippen LogP contribution is 2.19. The Bertz CT molecular complexity index is 400. The SMILES string of the molecule is OCC(O)CCc1cc2ccccc2o1. The van der Waals surface area contributed by atoms with E-state index in [2.05, 4.69) is 0 Å². The highest BCUT2D eigenvalue weighted by molar-refractivity contribution is 5.77. The van der Waals surface area contributed by atoms with Crippen LogP contribution in [0.2, 0.25) is 0 Å². The first kappa shape index (κ1) is 10.2. The fraction of sp³-hybridized carbons (Fsp3) is 0.333. The standard InChI is InChI=1S/C12H14O3/c13-8-10(14)5-6-11-7-9-3-1-2-4-12(9)15-11/h1-4,7,10,13-14H,5-6,8H2. The molecule has 0 aliphatic rings. The Balaban J connectivity index is 2.09. The largest absolute Gasteiger partial charge is 0.461 e. The molecular weight excluding hydrogens is 192 g/mol. The second-order valence-electron chi connectivity index (χ2n) is 3.63. The molecule has 80 valence electrons. The summed E-state index contributed by atoms with van der Waals surface area (Å²) < 4.78 is 5.57. The third-order valence-electron chi connectivity index (χ3n) is 2.41. The summed E-state index contributed by atoms with van der Waals surface area (Å²) in [6.45, 7) is -0.194. The predicted molar refractivity (Wildman–Crippen MR) is 57.6 cm³/mol. The van der Waals surface area contributed by atoms with E-state index in [0.29, 0.717) is 12.8 Å². The van der Waals surface area contributed by atoms with Crippen molar-refractivity contribution in [3.8, 4) is 0 Å². The summed E-state index contributed by atoms with van der Waals surface area (Å²) in [5, 5.41) is 18.9. The number of aliphatic hydroxyl groups is 2. The predicted octanol–water partition coefficient (Wildman–Crippen LogP) is 1.72. The van der Waals surface area contributed by atoms with Crippen molar-refractivity contribution in [2.75, 3.05) is 6.61 Å². The molecule has 3 nitrogen and oxygen atoms in total. The molecule has 0 saturated heterocycles. The second-order valence-corrected chi connectivity index (χ2v) is 3.63. The molecule has 1 atom stereocenters. The normalized spacial score (nSPS) is 13.2. The molecule has 0 aliphatic carbocycles. The first-order valence-electron chi connectivity index (χ1n) is 5.06. The van der Waals surface area contributed by atoms with Crippen LogP contribution >= 0.6 is 0 Å². The van der Waals surface area contributed by atoms with E-state index in [4.69, 9.17) is 9.52 Å². The fourth-order valence-electron chi connectivity index (χ4n) is 1.56. The van der Waals surface area contributed by atoms with Crippen LogP contribution in [0.25, 0.3) is 11.0 Å². The Morgan fingerprint density at radius 3 is 2.80 bits per heavy atom. The van der Waals surface area contributed by atoms with E-state index in [1.807, 2.05) is 30.3 Å². The van der Waals surface area contributed by atoms with E-state index in [9.17, 15) is 5.11 Å². The van der Waals surface area contributed by atoms with E-state index in [1.54, 1.807) is 0 Å². The minimum Gasteiger partial charge on any atom is -0.461 e. The lowest BCUT2D eigenvalue weighted by molar-refractivity contribution is 0.0875. The number of benzene rings is 1. The van der Waals surface area contributed by atoms with Crippen molar-refractivity contribution < 1.29 is 14.6 Å². The first-order chi connectivity index (χ1) is 7.29. The van der Waals surface area contributed by atoms with Gasteiger partial charge in [0.2, 0.25) is 0 Å². The summed E-state index contributed by atoms with van der Waals surface area (Å²) >= 11 is 0. The quantitative estimate of drug-likeness (QED) is 0.800. The Morgan fingerprint density at radius 2 is 2.07 bits per heavy atom. The monoisotopic (exact) mass is 206 g/mol. The maximum absolute atomic E-state index is 9.20. The molecular formula is C12H14O3.